The zero-order valence-corrected chi connectivity index (χ0v) is 44.2. The molecular formula is C72H60N6. The summed E-state index contributed by atoms with van der Waals surface area (Å²) in [6.45, 7) is 6.73. The van der Waals surface area contributed by atoms with Gasteiger partial charge < -0.3 is 19.6 Å². The molecule has 10 aromatic carbocycles. The van der Waals surface area contributed by atoms with Crippen molar-refractivity contribution in [2.24, 2.45) is 0 Å². The molecule has 1 heterocycles. The van der Waals surface area contributed by atoms with E-state index in [2.05, 4.69) is 326 Å². The molecule has 12 rings (SSSR count). The van der Waals surface area contributed by atoms with E-state index in [9.17, 15) is 0 Å². The van der Waals surface area contributed by atoms with E-state index >= 15 is 0 Å². The molecule has 0 fully saturated rings. The van der Waals surface area contributed by atoms with Gasteiger partial charge in [0.25, 0.3) is 0 Å². The number of para-hydroxylation sites is 6. The van der Waals surface area contributed by atoms with Crippen LogP contribution >= 0.6 is 0 Å². The minimum Gasteiger partial charge on any atom is -0.311 e. The van der Waals surface area contributed by atoms with Crippen LogP contribution in [0.15, 0.2) is 291 Å². The third-order valence-corrected chi connectivity index (χ3v) is 14.3. The highest BCUT2D eigenvalue weighted by Gasteiger charge is 2.24. The van der Waals surface area contributed by atoms with Gasteiger partial charge in [-0.15, -0.1) is 0 Å². The van der Waals surface area contributed by atoms with Crippen LogP contribution in [-0.2, 0) is 5.41 Å². The van der Waals surface area contributed by atoms with Crippen molar-refractivity contribution in [2.75, 3.05) is 19.6 Å². The van der Waals surface area contributed by atoms with Crippen LogP contribution in [0.25, 0.3) is 33.5 Å². The second-order valence-corrected chi connectivity index (χ2v) is 20.6. The molecule has 0 saturated heterocycles. The fourth-order valence-corrected chi connectivity index (χ4v) is 10.6. The van der Waals surface area contributed by atoms with E-state index in [1.165, 1.54) is 5.70 Å². The maximum Gasteiger partial charge on any atom is 0.0973 e. The molecule has 11 aromatic rings. The van der Waals surface area contributed by atoms with Crippen molar-refractivity contribution in [3.63, 3.8) is 0 Å². The Morgan fingerprint density at radius 1 is 0.308 bits per heavy atom. The van der Waals surface area contributed by atoms with Gasteiger partial charge in [-0.2, -0.15) is 0 Å². The van der Waals surface area contributed by atoms with E-state index < -0.39 is 0 Å². The topological polar surface area (TPSA) is 38.7 Å². The molecule has 0 amide bonds. The van der Waals surface area contributed by atoms with Crippen LogP contribution in [0, 0.1) is 0 Å². The van der Waals surface area contributed by atoms with Crippen molar-refractivity contribution < 1.29 is 0 Å². The normalized spacial score (nSPS) is 12.2. The molecule has 1 aliphatic carbocycles. The minimum absolute atomic E-state index is 0.146. The third-order valence-electron chi connectivity index (χ3n) is 14.3. The molecule has 1 aromatic heterocycles. The Kier molecular flexibility index (Phi) is 13.7. The molecule has 0 unspecified atom stereocenters. The number of aromatic nitrogens is 2. The van der Waals surface area contributed by atoms with Crippen molar-refractivity contribution in [3.8, 4) is 22.5 Å². The summed E-state index contributed by atoms with van der Waals surface area (Å²) in [7, 11) is 0. The summed E-state index contributed by atoms with van der Waals surface area (Å²) in [5, 5.41) is 0. The number of benzene rings is 10. The van der Waals surface area contributed by atoms with Crippen LogP contribution < -0.4 is 19.6 Å². The molecule has 0 aliphatic heterocycles. The fraction of sp³-hybridized carbons (Fsp3) is 0.0833. The Hall–Kier alpha value is -9.78. The zero-order chi connectivity index (χ0) is 52.8. The highest BCUT2D eigenvalue weighted by molar-refractivity contribution is 5.90. The first-order valence-electron chi connectivity index (χ1n) is 26.9. The number of hydrogen-bond acceptors (Lipinski definition) is 6. The van der Waals surface area contributed by atoms with Gasteiger partial charge in [0.15, 0.2) is 0 Å². The standard InChI is InChI=1S/C72H60N6/c1-72(2,3)67-35-22-36-68-71(67)74-70(54-39-43-62(44-40-54)78(60-33-20-9-21-34-60)66-51-47-64(48-52-66)76(57-27-14-6-15-28-57)58-29-16-7-17-30-58)69(73-68)53-37-41-61(42-38-53)77(59-31-18-8-19-32-59)65-49-45-63(46-50-65)75(55-23-10-4-11-24-55)56-25-12-5-13-26-56/h4-6,8-16,18-52H,7,17H2,1-3H3. The van der Waals surface area contributed by atoms with Crippen molar-refractivity contribution in [2.45, 2.75) is 39.0 Å². The van der Waals surface area contributed by atoms with Crippen LogP contribution in [0.3, 0.4) is 0 Å². The number of allylic oxidation sites excluding steroid dienone is 3. The number of nitrogens with zero attached hydrogens (tertiary/aromatic N) is 6. The summed E-state index contributed by atoms with van der Waals surface area (Å²) in [5.74, 6) is 0. The number of fused-ring (bicyclic) bond motifs is 1. The molecule has 6 heteroatoms. The summed E-state index contributed by atoms with van der Waals surface area (Å²) in [6.07, 6.45) is 8.92. The van der Waals surface area contributed by atoms with Crippen molar-refractivity contribution in [1.29, 1.82) is 0 Å². The Bertz CT molecular complexity index is 3800. The van der Waals surface area contributed by atoms with Crippen LogP contribution in [0.1, 0.15) is 39.2 Å². The molecule has 0 atom stereocenters. The van der Waals surface area contributed by atoms with E-state index in [1.54, 1.807) is 0 Å². The van der Waals surface area contributed by atoms with Crippen LogP contribution in [0.2, 0.25) is 0 Å². The van der Waals surface area contributed by atoms with Crippen molar-refractivity contribution >= 4 is 73.6 Å². The smallest absolute Gasteiger partial charge is 0.0973 e. The molecule has 378 valence electrons. The predicted octanol–water partition coefficient (Wildman–Crippen LogP) is 20.0. The predicted molar refractivity (Wildman–Crippen MR) is 328 cm³/mol. The lowest BCUT2D eigenvalue weighted by molar-refractivity contribution is 0.594. The Labute approximate surface area is 458 Å². The Balaban J connectivity index is 0.911. The van der Waals surface area contributed by atoms with Crippen LogP contribution in [0.4, 0.5) is 62.6 Å². The van der Waals surface area contributed by atoms with Gasteiger partial charge in [-0.05, 0) is 169 Å². The lowest BCUT2D eigenvalue weighted by Gasteiger charge is -2.29. The third kappa shape index (κ3) is 10.2. The largest absolute Gasteiger partial charge is 0.311 e. The van der Waals surface area contributed by atoms with E-state index in [1.807, 2.05) is 0 Å². The molecule has 0 radical (unpaired) electrons. The highest BCUT2D eigenvalue weighted by Crippen LogP contribution is 2.43. The van der Waals surface area contributed by atoms with Crippen molar-refractivity contribution in [3.05, 3.63) is 296 Å². The van der Waals surface area contributed by atoms with Crippen molar-refractivity contribution in [1.82, 2.24) is 9.97 Å². The van der Waals surface area contributed by atoms with Gasteiger partial charge in [-0.3, -0.25) is 0 Å². The lowest BCUT2D eigenvalue weighted by atomic mass is 9.86. The molecular weight excluding hydrogens is 949 g/mol. The van der Waals surface area contributed by atoms with E-state index in [-0.39, 0.29) is 5.41 Å². The van der Waals surface area contributed by atoms with Gasteiger partial charge in [0.05, 0.1) is 22.4 Å². The molecule has 78 heavy (non-hydrogen) atoms. The maximum atomic E-state index is 5.58. The first-order valence-corrected chi connectivity index (χ1v) is 26.9. The first kappa shape index (κ1) is 49.1. The van der Waals surface area contributed by atoms with Gasteiger partial charge in [0, 0.05) is 79.4 Å². The quantitative estimate of drug-likeness (QED) is 0.108. The summed E-state index contributed by atoms with van der Waals surface area (Å²) in [6, 6.07) is 94.5. The maximum absolute atomic E-state index is 5.58. The monoisotopic (exact) mass is 1010 g/mol. The molecule has 0 saturated carbocycles. The van der Waals surface area contributed by atoms with Crippen LogP contribution in [-0.4, -0.2) is 9.97 Å². The second kappa shape index (κ2) is 21.8. The van der Waals surface area contributed by atoms with Gasteiger partial charge in [-0.25, -0.2) is 9.97 Å². The summed E-state index contributed by atoms with van der Waals surface area (Å²) in [4.78, 5) is 20.3. The average Bonchev–Trinajstić information content (AvgIpc) is 3.51. The highest BCUT2D eigenvalue weighted by atomic mass is 15.2. The second-order valence-electron chi connectivity index (χ2n) is 20.6. The number of rotatable bonds is 14. The molecule has 6 nitrogen and oxygen atoms in total. The number of hydrogen-bond donors (Lipinski definition) is 0. The van der Waals surface area contributed by atoms with Gasteiger partial charge in [-0.1, -0.05) is 160 Å². The summed E-state index contributed by atoms with van der Waals surface area (Å²) >= 11 is 0. The van der Waals surface area contributed by atoms with Crippen LogP contribution in [0.5, 0.6) is 0 Å². The van der Waals surface area contributed by atoms with E-state index in [4.69, 9.17) is 9.97 Å². The molecule has 0 N–H and O–H groups in total. The van der Waals surface area contributed by atoms with Gasteiger partial charge in [0.2, 0.25) is 0 Å². The molecule has 0 spiro atoms. The summed E-state index contributed by atoms with van der Waals surface area (Å²) < 4.78 is 0. The average molecular weight is 1010 g/mol. The number of anilines is 11. The lowest BCUT2D eigenvalue weighted by Crippen LogP contribution is -2.16. The Morgan fingerprint density at radius 2 is 0.628 bits per heavy atom. The van der Waals surface area contributed by atoms with E-state index in [0.29, 0.717) is 0 Å². The molecule has 0 bridgehead atoms. The SMILES string of the molecule is CC(C)(C)c1cccc2nc(-c3ccc(N(c4ccccc4)c4ccc(N(c5ccccc5)c5ccccc5)cc4)cc3)c(-c3ccc(N(c4ccccc4)c4ccc(N(C5=CCCC=C5)c5ccccc5)cc4)cc3)nc12. The Morgan fingerprint density at radius 3 is 0.974 bits per heavy atom. The van der Waals surface area contributed by atoms with Gasteiger partial charge >= 0.3 is 0 Å². The molecule has 1 aliphatic rings. The fourth-order valence-electron chi connectivity index (χ4n) is 10.6. The van der Waals surface area contributed by atoms with E-state index in [0.717, 1.165) is 115 Å². The summed E-state index contributed by atoms with van der Waals surface area (Å²) in [5.41, 5.74) is 19.4. The zero-order valence-electron chi connectivity index (χ0n) is 44.2. The first-order chi connectivity index (χ1) is 38.3. The minimum atomic E-state index is -0.146. The van der Waals surface area contributed by atoms with Gasteiger partial charge in [0.1, 0.15) is 0 Å².